The fourth-order valence-corrected chi connectivity index (χ4v) is 3.84. The third kappa shape index (κ3) is 3.08. The fourth-order valence-electron chi connectivity index (χ4n) is 1.32. The minimum absolute atomic E-state index is 0.0558. The first-order valence-electron chi connectivity index (χ1n) is 5.18. The molecule has 1 rings (SSSR count). The molecule has 1 aromatic rings. The Morgan fingerprint density at radius 3 is 2.78 bits per heavy atom. The minimum atomic E-state index is -3.72. The molecule has 0 saturated heterocycles. The van der Waals surface area contributed by atoms with Crippen molar-refractivity contribution in [2.24, 2.45) is 0 Å². The number of hydrogen-bond acceptors (Lipinski definition) is 6. The van der Waals surface area contributed by atoms with Gasteiger partial charge in [-0.3, -0.25) is 0 Å². The van der Waals surface area contributed by atoms with Crippen LogP contribution in [0.1, 0.15) is 16.1 Å². The second-order valence-corrected chi connectivity index (χ2v) is 6.44. The maximum atomic E-state index is 12.2. The molecule has 0 radical (unpaired) electrons. The number of thiophene rings is 1. The van der Waals surface area contributed by atoms with Gasteiger partial charge in [-0.15, -0.1) is 11.3 Å². The first-order chi connectivity index (χ1) is 8.45. The van der Waals surface area contributed by atoms with Crippen molar-refractivity contribution < 1.29 is 23.1 Å². The van der Waals surface area contributed by atoms with Gasteiger partial charge in [0.15, 0.2) is 0 Å². The summed E-state index contributed by atoms with van der Waals surface area (Å²) in [6.07, 6.45) is 0.341. The Morgan fingerprint density at radius 1 is 1.56 bits per heavy atom. The van der Waals surface area contributed by atoms with Crippen LogP contribution in [0.15, 0.2) is 16.3 Å². The van der Waals surface area contributed by atoms with Crippen molar-refractivity contribution in [3.8, 4) is 0 Å². The number of ether oxygens (including phenoxy) is 1. The zero-order chi connectivity index (χ0) is 13.8. The highest BCUT2D eigenvalue weighted by atomic mass is 32.2. The van der Waals surface area contributed by atoms with Gasteiger partial charge in [0.05, 0.1) is 7.11 Å². The minimum Gasteiger partial charge on any atom is -0.465 e. The quantitative estimate of drug-likeness (QED) is 0.774. The van der Waals surface area contributed by atoms with Crippen molar-refractivity contribution in [3.63, 3.8) is 0 Å². The maximum absolute atomic E-state index is 12.2. The molecule has 0 aromatic carbocycles. The Bertz CT molecular complexity index is 508. The summed E-state index contributed by atoms with van der Waals surface area (Å²) in [5.74, 6) is -0.667. The number of sulfonamides is 1. The van der Waals surface area contributed by atoms with Crippen molar-refractivity contribution in [1.82, 2.24) is 4.31 Å². The molecule has 6 nitrogen and oxygen atoms in total. The molecule has 1 aromatic heterocycles. The third-order valence-corrected chi connectivity index (χ3v) is 5.24. The molecule has 0 spiro atoms. The van der Waals surface area contributed by atoms with Crippen molar-refractivity contribution in [2.45, 2.75) is 11.3 Å². The number of carbonyl (C=O) groups excluding carboxylic acids is 1. The van der Waals surface area contributed by atoms with Crippen molar-refractivity contribution >= 4 is 27.3 Å². The lowest BCUT2D eigenvalue weighted by Crippen LogP contribution is -2.29. The van der Waals surface area contributed by atoms with Gasteiger partial charge in [0, 0.05) is 20.2 Å². The van der Waals surface area contributed by atoms with Gasteiger partial charge in [0.1, 0.15) is 9.77 Å². The van der Waals surface area contributed by atoms with Gasteiger partial charge < -0.3 is 9.84 Å². The van der Waals surface area contributed by atoms with Gasteiger partial charge in [-0.05, 0) is 17.9 Å². The van der Waals surface area contributed by atoms with Crippen LogP contribution in [0.3, 0.4) is 0 Å². The molecule has 0 aliphatic heterocycles. The van der Waals surface area contributed by atoms with E-state index >= 15 is 0 Å². The standard InChI is InChI=1S/C10H15NO5S2/c1-11(5-3-6-12)18(14,15)8-4-7-17-9(8)10(13)16-2/h4,7,12H,3,5-6H2,1-2H3. The zero-order valence-corrected chi connectivity index (χ0v) is 11.8. The Balaban J connectivity index is 3.05. The largest absolute Gasteiger partial charge is 0.465 e. The second kappa shape index (κ2) is 6.28. The first kappa shape index (κ1) is 15.1. The molecule has 0 fully saturated rings. The molecule has 0 amide bonds. The summed E-state index contributed by atoms with van der Waals surface area (Å²) in [4.78, 5) is 11.5. The van der Waals surface area contributed by atoms with Gasteiger partial charge in [-0.25, -0.2) is 17.5 Å². The third-order valence-electron chi connectivity index (χ3n) is 2.32. The monoisotopic (exact) mass is 293 g/mol. The van der Waals surface area contributed by atoms with E-state index in [2.05, 4.69) is 4.74 Å². The lowest BCUT2D eigenvalue weighted by molar-refractivity contribution is 0.0602. The van der Waals surface area contributed by atoms with Crippen molar-refractivity contribution in [1.29, 1.82) is 0 Å². The van der Waals surface area contributed by atoms with Gasteiger partial charge in [-0.1, -0.05) is 0 Å². The molecule has 0 atom stereocenters. The number of nitrogens with zero attached hydrogens (tertiary/aromatic N) is 1. The lowest BCUT2D eigenvalue weighted by atomic mass is 10.5. The highest BCUT2D eigenvalue weighted by Gasteiger charge is 2.27. The predicted octanol–water partition coefficient (Wildman–Crippen LogP) is 0.538. The van der Waals surface area contributed by atoms with E-state index in [1.807, 2.05) is 0 Å². The summed E-state index contributed by atoms with van der Waals surface area (Å²) in [6, 6.07) is 1.38. The van der Waals surface area contributed by atoms with Gasteiger partial charge in [-0.2, -0.15) is 0 Å². The molecule has 102 valence electrons. The van der Waals surface area contributed by atoms with E-state index in [9.17, 15) is 13.2 Å². The molecule has 0 saturated carbocycles. The number of rotatable bonds is 6. The van der Waals surface area contributed by atoms with Gasteiger partial charge >= 0.3 is 5.97 Å². The lowest BCUT2D eigenvalue weighted by Gasteiger charge is -2.16. The summed E-state index contributed by atoms with van der Waals surface area (Å²) >= 11 is 1.02. The number of carbonyl (C=O) groups is 1. The van der Waals surface area contributed by atoms with Crippen LogP contribution in [0.5, 0.6) is 0 Å². The maximum Gasteiger partial charge on any atom is 0.349 e. The summed E-state index contributed by atoms with van der Waals surface area (Å²) in [5.41, 5.74) is 0. The van der Waals surface area contributed by atoms with Crippen LogP contribution >= 0.6 is 11.3 Å². The van der Waals surface area contributed by atoms with Crippen LogP contribution in [0.4, 0.5) is 0 Å². The van der Waals surface area contributed by atoms with Crippen LogP contribution in [-0.4, -0.2) is 51.1 Å². The topological polar surface area (TPSA) is 83.9 Å². The van der Waals surface area contributed by atoms with Crippen LogP contribution in [-0.2, 0) is 14.8 Å². The fraction of sp³-hybridized carbons (Fsp3) is 0.500. The average molecular weight is 293 g/mol. The smallest absolute Gasteiger partial charge is 0.349 e. The van der Waals surface area contributed by atoms with E-state index in [4.69, 9.17) is 5.11 Å². The predicted molar refractivity (Wildman–Crippen MR) is 67.2 cm³/mol. The summed E-state index contributed by atoms with van der Waals surface area (Å²) in [6.45, 7) is 0.0998. The highest BCUT2D eigenvalue weighted by molar-refractivity contribution is 7.89. The van der Waals surface area contributed by atoms with E-state index in [1.165, 1.54) is 25.6 Å². The van der Waals surface area contributed by atoms with Crippen LogP contribution in [0.2, 0.25) is 0 Å². The molecule has 1 N–H and O–H groups in total. The Morgan fingerprint density at radius 2 is 2.22 bits per heavy atom. The van der Waals surface area contributed by atoms with E-state index < -0.39 is 16.0 Å². The van der Waals surface area contributed by atoms with E-state index in [0.717, 1.165) is 15.6 Å². The molecule has 0 aliphatic rings. The number of hydrogen-bond donors (Lipinski definition) is 1. The molecular formula is C10H15NO5S2. The highest BCUT2D eigenvalue weighted by Crippen LogP contribution is 2.25. The zero-order valence-electron chi connectivity index (χ0n) is 10.1. The van der Waals surface area contributed by atoms with Crippen LogP contribution in [0.25, 0.3) is 0 Å². The van der Waals surface area contributed by atoms with E-state index in [1.54, 1.807) is 0 Å². The van der Waals surface area contributed by atoms with Crippen molar-refractivity contribution in [3.05, 3.63) is 16.3 Å². The average Bonchev–Trinajstić information content (AvgIpc) is 2.84. The molecule has 0 unspecified atom stereocenters. The number of methoxy groups -OCH3 is 1. The first-order valence-corrected chi connectivity index (χ1v) is 7.50. The summed E-state index contributed by atoms with van der Waals surface area (Å²) in [7, 11) is -1.11. The second-order valence-electron chi connectivity index (χ2n) is 3.51. The van der Waals surface area contributed by atoms with Crippen LogP contribution in [0, 0.1) is 0 Å². The molecular weight excluding hydrogens is 278 g/mol. The molecule has 1 heterocycles. The molecule has 8 heteroatoms. The van der Waals surface area contributed by atoms with Gasteiger partial charge in [0.25, 0.3) is 0 Å². The molecule has 18 heavy (non-hydrogen) atoms. The molecule has 0 aliphatic carbocycles. The number of aliphatic hydroxyl groups is 1. The Kier molecular flexibility index (Phi) is 5.27. The molecule has 0 bridgehead atoms. The Hall–Kier alpha value is -0.960. The summed E-state index contributed by atoms with van der Waals surface area (Å²) < 4.78 is 30.0. The van der Waals surface area contributed by atoms with E-state index in [0.29, 0.717) is 6.42 Å². The van der Waals surface area contributed by atoms with E-state index in [-0.39, 0.29) is 22.9 Å². The number of esters is 1. The number of aliphatic hydroxyl groups excluding tert-OH is 1. The summed E-state index contributed by atoms with van der Waals surface area (Å²) in [5, 5.41) is 10.2. The SMILES string of the molecule is COC(=O)c1sccc1S(=O)(=O)N(C)CCCO. The van der Waals surface area contributed by atoms with Crippen LogP contribution < -0.4 is 0 Å². The Labute approximate surface area is 110 Å². The normalized spacial score (nSPS) is 11.8. The van der Waals surface area contributed by atoms with Crippen molar-refractivity contribution in [2.75, 3.05) is 27.3 Å². The van der Waals surface area contributed by atoms with Gasteiger partial charge in [0.2, 0.25) is 10.0 Å².